The van der Waals surface area contributed by atoms with Crippen molar-refractivity contribution in [2.24, 2.45) is 0 Å². The summed E-state index contributed by atoms with van der Waals surface area (Å²) in [6, 6.07) is 11.7. The normalized spacial score (nSPS) is 15.9. The first-order valence-electron chi connectivity index (χ1n) is 8.88. The smallest absolute Gasteiger partial charge is 0.343 e. The molecule has 0 bridgehead atoms. The average molecular weight is 386 g/mol. The summed E-state index contributed by atoms with van der Waals surface area (Å²) in [7, 11) is 2.95. The van der Waals surface area contributed by atoms with E-state index in [-0.39, 0.29) is 24.2 Å². The summed E-state index contributed by atoms with van der Waals surface area (Å²) in [4.78, 5) is 25.0. The molecule has 2 aromatic carbocycles. The van der Waals surface area contributed by atoms with Crippen molar-refractivity contribution in [2.45, 2.75) is 19.1 Å². The number of rotatable bonds is 7. The Morgan fingerprint density at radius 1 is 1.07 bits per heavy atom. The van der Waals surface area contributed by atoms with Crippen LogP contribution in [0.4, 0.5) is 0 Å². The third kappa shape index (κ3) is 4.68. The van der Waals surface area contributed by atoms with Crippen LogP contribution in [0.25, 0.3) is 0 Å². The largest absolute Gasteiger partial charge is 0.493 e. The van der Waals surface area contributed by atoms with E-state index in [9.17, 15) is 9.59 Å². The summed E-state index contributed by atoms with van der Waals surface area (Å²) < 4.78 is 26.7. The van der Waals surface area contributed by atoms with Crippen molar-refractivity contribution in [3.8, 4) is 11.5 Å². The van der Waals surface area contributed by atoms with Gasteiger partial charge in [-0.2, -0.15) is 0 Å². The van der Waals surface area contributed by atoms with Gasteiger partial charge in [-0.3, -0.25) is 0 Å². The van der Waals surface area contributed by atoms with Crippen LogP contribution >= 0.6 is 0 Å². The Morgan fingerprint density at radius 3 is 2.50 bits per heavy atom. The molecule has 148 valence electrons. The lowest BCUT2D eigenvalue weighted by molar-refractivity contribution is 0.0266. The first-order chi connectivity index (χ1) is 13.6. The minimum absolute atomic E-state index is 0.144. The molecule has 0 saturated carbocycles. The SMILES string of the molecule is COCc1cc(OC(=O)c2ccccc2)c(OC)cc1C(=O)OC1CCOC1. The highest BCUT2D eigenvalue weighted by Crippen LogP contribution is 2.32. The number of methoxy groups -OCH3 is 2. The van der Waals surface area contributed by atoms with Crippen molar-refractivity contribution in [2.75, 3.05) is 27.4 Å². The highest BCUT2D eigenvalue weighted by atomic mass is 16.6. The van der Waals surface area contributed by atoms with Crippen molar-refractivity contribution in [3.05, 3.63) is 59.2 Å². The third-order valence-corrected chi connectivity index (χ3v) is 4.28. The minimum Gasteiger partial charge on any atom is -0.493 e. The van der Waals surface area contributed by atoms with Crippen LogP contribution in [0, 0.1) is 0 Å². The van der Waals surface area contributed by atoms with Crippen LogP contribution < -0.4 is 9.47 Å². The molecule has 1 aliphatic rings. The summed E-state index contributed by atoms with van der Waals surface area (Å²) >= 11 is 0. The van der Waals surface area contributed by atoms with E-state index in [1.54, 1.807) is 30.3 Å². The van der Waals surface area contributed by atoms with Crippen molar-refractivity contribution in [1.29, 1.82) is 0 Å². The standard InChI is InChI=1S/C21H22O7/c1-24-12-15-10-19(28-20(22)14-6-4-3-5-7-14)18(25-2)11-17(15)21(23)27-16-8-9-26-13-16/h3-7,10-11,16H,8-9,12-13H2,1-2H3. The van der Waals surface area contributed by atoms with Gasteiger partial charge in [0.2, 0.25) is 0 Å². The van der Waals surface area contributed by atoms with Crippen LogP contribution in [0.2, 0.25) is 0 Å². The summed E-state index contributed by atoms with van der Waals surface area (Å²) in [5, 5.41) is 0. The fourth-order valence-corrected chi connectivity index (χ4v) is 2.86. The number of hydrogen-bond acceptors (Lipinski definition) is 7. The molecule has 1 atom stereocenters. The van der Waals surface area contributed by atoms with Gasteiger partial charge in [0.05, 0.1) is 38.1 Å². The van der Waals surface area contributed by atoms with Crippen molar-refractivity contribution in [3.63, 3.8) is 0 Å². The lowest BCUT2D eigenvalue weighted by Gasteiger charge is -2.16. The Labute approximate surface area is 163 Å². The molecular weight excluding hydrogens is 364 g/mol. The fourth-order valence-electron chi connectivity index (χ4n) is 2.86. The summed E-state index contributed by atoms with van der Waals surface area (Å²) in [6.07, 6.45) is 0.388. The van der Waals surface area contributed by atoms with Crippen molar-refractivity contribution >= 4 is 11.9 Å². The highest BCUT2D eigenvalue weighted by Gasteiger charge is 2.25. The molecule has 0 spiro atoms. The van der Waals surface area contributed by atoms with E-state index in [2.05, 4.69) is 0 Å². The Kier molecular flexibility index (Phi) is 6.62. The Hall–Kier alpha value is -2.90. The van der Waals surface area contributed by atoms with Crippen LogP contribution in [0.3, 0.4) is 0 Å². The van der Waals surface area contributed by atoms with Gasteiger partial charge in [-0.05, 0) is 29.8 Å². The number of carbonyl (C=O) groups excluding carboxylic acids is 2. The zero-order valence-electron chi connectivity index (χ0n) is 15.8. The quantitative estimate of drug-likeness (QED) is 0.534. The zero-order valence-corrected chi connectivity index (χ0v) is 15.8. The maximum Gasteiger partial charge on any atom is 0.343 e. The molecule has 3 rings (SSSR count). The van der Waals surface area contributed by atoms with Crippen LogP contribution in [0.5, 0.6) is 11.5 Å². The molecule has 0 N–H and O–H groups in total. The predicted molar refractivity (Wildman–Crippen MR) is 99.7 cm³/mol. The molecular formula is C21H22O7. The zero-order chi connectivity index (χ0) is 19.9. The summed E-state index contributed by atoms with van der Waals surface area (Å²) in [6.45, 7) is 1.10. The van der Waals surface area contributed by atoms with Crippen LogP contribution in [-0.2, 0) is 20.8 Å². The Balaban J connectivity index is 1.87. The second-order valence-corrected chi connectivity index (χ2v) is 6.24. The molecule has 1 heterocycles. The van der Waals surface area contributed by atoms with Gasteiger partial charge < -0.3 is 23.7 Å². The van der Waals surface area contributed by atoms with E-state index in [0.29, 0.717) is 36.3 Å². The van der Waals surface area contributed by atoms with Gasteiger partial charge in [0.25, 0.3) is 0 Å². The van der Waals surface area contributed by atoms with Crippen LogP contribution in [0.15, 0.2) is 42.5 Å². The third-order valence-electron chi connectivity index (χ3n) is 4.28. The molecule has 1 saturated heterocycles. The Bertz CT molecular complexity index is 826. The Morgan fingerprint density at radius 2 is 1.86 bits per heavy atom. The fraction of sp³-hybridized carbons (Fsp3) is 0.333. The maximum atomic E-state index is 12.6. The van der Waals surface area contributed by atoms with Gasteiger partial charge in [-0.15, -0.1) is 0 Å². The molecule has 1 fully saturated rings. The first kappa shape index (κ1) is 19.9. The van der Waals surface area contributed by atoms with Gasteiger partial charge >= 0.3 is 11.9 Å². The highest BCUT2D eigenvalue weighted by molar-refractivity contribution is 5.94. The molecule has 2 aromatic rings. The lowest BCUT2D eigenvalue weighted by atomic mass is 10.1. The molecule has 0 amide bonds. The van der Waals surface area contributed by atoms with Crippen LogP contribution in [0.1, 0.15) is 32.7 Å². The molecule has 0 aromatic heterocycles. The topological polar surface area (TPSA) is 80.3 Å². The second kappa shape index (κ2) is 9.34. The van der Waals surface area contributed by atoms with E-state index in [1.165, 1.54) is 20.3 Å². The van der Waals surface area contributed by atoms with Gasteiger partial charge in [0, 0.05) is 13.5 Å². The minimum atomic E-state index is -0.527. The van der Waals surface area contributed by atoms with E-state index >= 15 is 0 Å². The molecule has 1 unspecified atom stereocenters. The molecule has 7 nitrogen and oxygen atoms in total. The van der Waals surface area contributed by atoms with Gasteiger partial charge in [-0.25, -0.2) is 9.59 Å². The molecule has 0 aliphatic carbocycles. The average Bonchev–Trinajstić information content (AvgIpc) is 3.22. The van der Waals surface area contributed by atoms with Crippen LogP contribution in [-0.4, -0.2) is 45.5 Å². The number of carbonyl (C=O) groups is 2. The number of ether oxygens (including phenoxy) is 5. The first-order valence-corrected chi connectivity index (χ1v) is 8.88. The molecule has 0 radical (unpaired) electrons. The van der Waals surface area contributed by atoms with E-state index in [1.807, 2.05) is 6.07 Å². The van der Waals surface area contributed by atoms with E-state index in [0.717, 1.165) is 0 Å². The van der Waals surface area contributed by atoms with Gasteiger partial charge in [-0.1, -0.05) is 18.2 Å². The number of esters is 2. The lowest BCUT2D eigenvalue weighted by Crippen LogP contribution is -2.19. The molecule has 28 heavy (non-hydrogen) atoms. The predicted octanol–water partition coefficient (Wildman–Crippen LogP) is 3.01. The monoisotopic (exact) mass is 386 g/mol. The van der Waals surface area contributed by atoms with Gasteiger partial charge in [0.15, 0.2) is 11.5 Å². The summed E-state index contributed by atoms with van der Waals surface area (Å²) in [5.41, 5.74) is 1.23. The molecule has 1 aliphatic heterocycles. The number of hydrogen-bond donors (Lipinski definition) is 0. The second-order valence-electron chi connectivity index (χ2n) is 6.24. The number of benzene rings is 2. The van der Waals surface area contributed by atoms with Gasteiger partial charge in [0.1, 0.15) is 6.10 Å². The van der Waals surface area contributed by atoms with Crippen molar-refractivity contribution in [1.82, 2.24) is 0 Å². The summed E-state index contributed by atoms with van der Waals surface area (Å²) in [5.74, 6) is -0.578. The van der Waals surface area contributed by atoms with Crippen molar-refractivity contribution < 1.29 is 33.3 Å². The maximum absolute atomic E-state index is 12.6. The molecule has 7 heteroatoms. The van der Waals surface area contributed by atoms with E-state index in [4.69, 9.17) is 23.7 Å². The van der Waals surface area contributed by atoms with E-state index < -0.39 is 11.9 Å².